The number of nitrogens with zero attached hydrogens (tertiary/aromatic N) is 2. The van der Waals surface area contributed by atoms with Crippen molar-refractivity contribution in [1.82, 2.24) is 9.47 Å². The minimum absolute atomic E-state index is 0.289. The van der Waals surface area contributed by atoms with E-state index in [0.717, 1.165) is 12.1 Å². The van der Waals surface area contributed by atoms with Crippen LogP contribution in [0.2, 0.25) is 5.02 Å². The van der Waals surface area contributed by atoms with Crippen molar-refractivity contribution in [1.29, 1.82) is 0 Å². The number of hydrogen-bond acceptors (Lipinski definition) is 3. The first kappa shape index (κ1) is 17.0. The smallest absolute Gasteiger partial charge is 0.208 e. The van der Waals surface area contributed by atoms with Gasteiger partial charge < -0.3 is 9.47 Å². The molecule has 0 fully saturated rings. The van der Waals surface area contributed by atoms with Crippen LogP contribution in [0.4, 0.5) is 0 Å². The molecule has 0 aliphatic rings. The largest absolute Gasteiger partial charge is 0.344 e. The summed E-state index contributed by atoms with van der Waals surface area (Å²) in [4.78, 5) is 2.63. The van der Waals surface area contributed by atoms with Crippen LogP contribution < -0.4 is 0 Å². The van der Waals surface area contributed by atoms with Gasteiger partial charge in [-0.25, -0.2) is 8.42 Å². The molecule has 126 valence electrons. The third-order valence-corrected chi connectivity index (χ3v) is 6.05. The average molecular weight is 363 g/mol. The molecule has 0 N–H and O–H groups in total. The van der Waals surface area contributed by atoms with Gasteiger partial charge in [-0.05, 0) is 32.3 Å². The van der Waals surface area contributed by atoms with Gasteiger partial charge in [-0.1, -0.05) is 41.9 Å². The second kappa shape index (κ2) is 6.59. The van der Waals surface area contributed by atoms with Crippen molar-refractivity contribution in [2.75, 3.05) is 20.6 Å². The van der Waals surface area contributed by atoms with Crippen molar-refractivity contribution < 1.29 is 8.42 Å². The Balaban J connectivity index is 2.21. The molecule has 4 nitrogen and oxygen atoms in total. The first-order chi connectivity index (χ1) is 11.4. The lowest BCUT2D eigenvalue weighted by atomic mass is 10.2. The number of hydrogen-bond donors (Lipinski definition) is 0. The minimum atomic E-state index is -3.59. The van der Waals surface area contributed by atoms with Gasteiger partial charge >= 0.3 is 0 Å². The van der Waals surface area contributed by atoms with Crippen LogP contribution in [-0.4, -0.2) is 38.5 Å². The van der Waals surface area contributed by atoms with Crippen LogP contribution in [0.1, 0.15) is 0 Å². The molecule has 0 saturated heterocycles. The van der Waals surface area contributed by atoms with Crippen molar-refractivity contribution >= 4 is 32.3 Å². The predicted octanol–water partition coefficient (Wildman–Crippen LogP) is 3.69. The van der Waals surface area contributed by atoms with Crippen molar-refractivity contribution in [3.8, 4) is 0 Å². The number of likely N-dealkylation sites (N-methyl/N-ethyl adjacent to an activating group) is 1. The molecule has 2 aromatic carbocycles. The summed E-state index contributed by atoms with van der Waals surface area (Å²) in [6.07, 6.45) is 1.70. The maximum absolute atomic E-state index is 13.0. The first-order valence-corrected chi connectivity index (χ1v) is 9.49. The Morgan fingerprint density at radius 1 is 1.04 bits per heavy atom. The molecule has 24 heavy (non-hydrogen) atoms. The third kappa shape index (κ3) is 3.07. The number of benzene rings is 2. The lowest BCUT2D eigenvalue weighted by molar-refractivity contribution is 0.386. The van der Waals surface area contributed by atoms with E-state index in [4.69, 9.17) is 11.6 Å². The molecule has 0 aliphatic heterocycles. The van der Waals surface area contributed by atoms with Gasteiger partial charge in [-0.2, -0.15) is 0 Å². The Hall–Kier alpha value is -1.82. The fraction of sp³-hybridized carbons (Fsp3) is 0.222. The highest BCUT2D eigenvalue weighted by molar-refractivity contribution is 7.91. The zero-order chi connectivity index (χ0) is 17.3. The third-order valence-electron chi connectivity index (χ3n) is 3.94. The van der Waals surface area contributed by atoms with E-state index in [0.29, 0.717) is 21.8 Å². The Labute approximate surface area is 147 Å². The molecule has 1 heterocycles. The molecule has 0 atom stereocenters. The van der Waals surface area contributed by atoms with E-state index in [2.05, 4.69) is 0 Å². The van der Waals surface area contributed by atoms with Crippen LogP contribution in [0.25, 0.3) is 10.9 Å². The molecular formula is C18H19ClN2O2S. The van der Waals surface area contributed by atoms with E-state index in [1.807, 2.05) is 29.6 Å². The van der Waals surface area contributed by atoms with Crippen LogP contribution >= 0.6 is 11.6 Å². The molecule has 0 spiro atoms. The van der Waals surface area contributed by atoms with Crippen molar-refractivity contribution in [2.45, 2.75) is 16.3 Å². The summed E-state index contributed by atoms with van der Waals surface area (Å²) in [7, 11) is 0.369. The number of halogens is 1. The number of rotatable bonds is 5. The second-order valence-electron chi connectivity index (χ2n) is 5.94. The molecule has 6 heteroatoms. The highest BCUT2D eigenvalue weighted by atomic mass is 35.5. The summed E-state index contributed by atoms with van der Waals surface area (Å²) < 4.78 is 28.0. The number of fused-ring (bicyclic) bond motifs is 1. The number of para-hydroxylation sites is 1. The molecule has 1 aromatic heterocycles. The zero-order valence-corrected chi connectivity index (χ0v) is 15.2. The van der Waals surface area contributed by atoms with Gasteiger partial charge in [0, 0.05) is 24.7 Å². The summed E-state index contributed by atoms with van der Waals surface area (Å²) in [5, 5.41) is 1.21. The fourth-order valence-electron chi connectivity index (χ4n) is 2.71. The Bertz CT molecular complexity index is 963. The van der Waals surface area contributed by atoms with E-state index in [1.54, 1.807) is 48.7 Å². The van der Waals surface area contributed by atoms with Crippen LogP contribution in [0, 0.1) is 0 Å². The Kier molecular flexibility index (Phi) is 4.67. The molecule has 0 radical (unpaired) electrons. The second-order valence-corrected chi connectivity index (χ2v) is 8.27. The van der Waals surface area contributed by atoms with E-state index in [1.165, 1.54) is 0 Å². The Morgan fingerprint density at radius 3 is 2.42 bits per heavy atom. The van der Waals surface area contributed by atoms with Crippen LogP contribution in [0.5, 0.6) is 0 Å². The monoisotopic (exact) mass is 362 g/mol. The molecule has 0 amide bonds. The van der Waals surface area contributed by atoms with E-state index < -0.39 is 9.84 Å². The van der Waals surface area contributed by atoms with Crippen LogP contribution in [0.3, 0.4) is 0 Å². The average Bonchev–Trinajstić information content (AvgIpc) is 2.95. The SMILES string of the molecule is CN(C)CCn1cc(S(=O)(=O)c2ccccc2)c2cccc(Cl)c21. The fourth-order valence-corrected chi connectivity index (χ4v) is 4.48. The number of aromatic nitrogens is 1. The summed E-state index contributed by atoms with van der Waals surface area (Å²) >= 11 is 6.36. The lowest BCUT2D eigenvalue weighted by Crippen LogP contribution is -2.18. The summed E-state index contributed by atoms with van der Waals surface area (Å²) in [5.41, 5.74) is 0.760. The van der Waals surface area contributed by atoms with Crippen LogP contribution in [-0.2, 0) is 16.4 Å². The van der Waals surface area contributed by atoms with Gasteiger partial charge in [0.05, 0.1) is 20.3 Å². The van der Waals surface area contributed by atoms with E-state index >= 15 is 0 Å². The van der Waals surface area contributed by atoms with Gasteiger partial charge in [0.25, 0.3) is 0 Å². The van der Waals surface area contributed by atoms with Gasteiger partial charge in [0.1, 0.15) is 0 Å². The maximum atomic E-state index is 13.0. The summed E-state index contributed by atoms with van der Waals surface area (Å²) in [6, 6.07) is 13.9. The van der Waals surface area contributed by atoms with Gasteiger partial charge in [0.15, 0.2) is 0 Å². The summed E-state index contributed by atoms with van der Waals surface area (Å²) in [5.74, 6) is 0. The molecule has 3 rings (SSSR count). The Morgan fingerprint density at radius 2 is 1.75 bits per heavy atom. The standard InChI is InChI=1S/C18H19ClN2O2S/c1-20(2)11-12-21-13-17(15-9-6-10-16(19)18(15)21)24(22,23)14-7-4-3-5-8-14/h3-10,13H,11-12H2,1-2H3. The molecule has 0 unspecified atom stereocenters. The normalized spacial score (nSPS) is 12.2. The quantitative estimate of drug-likeness (QED) is 0.695. The summed E-state index contributed by atoms with van der Waals surface area (Å²) in [6.45, 7) is 1.46. The molecule has 0 aliphatic carbocycles. The van der Waals surface area contributed by atoms with Crippen LogP contribution in [0.15, 0.2) is 64.5 Å². The maximum Gasteiger partial charge on any atom is 0.208 e. The molecular weight excluding hydrogens is 344 g/mol. The van der Waals surface area contributed by atoms with E-state index in [-0.39, 0.29) is 4.90 Å². The highest BCUT2D eigenvalue weighted by Gasteiger charge is 2.24. The molecule has 3 aromatic rings. The van der Waals surface area contributed by atoms with Gasteiger partial charge in [-0.3, -0.25) is 0 Å². The minimum Gasteiger partial charge on any atom is -0.344 e. The molecule has 0 bridgehead atoms. The predicted molar refractivity (Wildman–Crippen MR) is 97.4 cm³/mol. The highest BCUT2D eigenvalue weighted by Crippen LogP contribution is 2.33. The lowest BCUT2D eigenvalue weighted by Gasteiger charge is -2.11. The van der Waals surface area contributed by atoms with Gasteiger partial charge in [0.2, 0.25) is 9.84 Å². The van der Waals surface area contributed by atoms with Crippen molar-refractivity contribution in [2.24, 2.45) is 0 Å². The van der Waals surface area contributed by atoms with Gasteiger partial charge in [-0.15, -0.1) is 0 Å². The first-order valence-electron chi connectivity index (χ1n) is 7.63. The number of sulfone groups is 1. The zero-order valence-electron chi connectivity index (χ0n) is 13.6. The van der Waals surface area contributed by atoms with Crippen molar-refractivity contribution in [3.63, 3.8) is 0 Å². The topological polar surface area (TPSA) is 42.3 Å². The van der Waals surface area contributed by atoms with Crippen molar-refractivity contribution in [3.05, 3.63) is 59.8 Å². The van der Waals surface area contributed by atoms with E-state index in [9.17, 15) is 8.42 Å². The molecule has 0 saturated carbocycles.